The van der Waals surface area contributed by atoms with Crippen LogP contribution >= 0.6 is 0 Å². The van der Waals surface area contributed by atoms with Crippen LogP contribution in [0.3, 0.4) is 0 Å². The molecule has 0 atom stereocenters. The van der Waals surface area contributed by atoms with Crippen molar-refractivity contribution in [2.24, 2.45) is 0 Å². The van der Waals surface area contributed by atoms with Gasteiger partial charge in [-0.15, -0.1) is 12.8 Å². The van der Waals surface area contributed by atoms with E-state index in [2.05, 4.69) is 11.8 Å². The Morgan fingerprint density at radius 1 is 1.16 bits per heavy atom. The monoisotopic (exact) mass is 258 g/mol. The van der Waals surface area contributed by atoms with Crippen LogP contribution in [-0.4, -0.2) is 24.3 Å². The first-order valence-corrected chi connectivity index (χ1v) is 5.64. The molecule has 4 nitrogen and oxygen atoms in total. The average Bonchev–Trinajstić information content (AvgIpc) is 2.41. The van der Waals surface area contributed by atoms with Crippen LogP contribution in [0, 0.1) is 24.7 Å². The first-order valence-electron chi connectivity index (χ1n) is 5.64. The molecule has 0 spiro atoms. The predicted molar refractivity (Wildman–Crippen MR) is 71.1 cm³/mol. The van der Waals surface area contributed by atoms with Crippen molar-refractivity contribution in [3.05, 3.63) is 23.8 Å². The molecule has 0 amide bonds. The van der Waals surface area contributed by atoms with Crippen molar-refractivity contribution in [3.63, 3.8) is 0 Å². The highest BCUT2D eigenvalue weighted by molar-refractivity contribution is 5.67. The minimum atomic E-state index is -0.848. The van der Waals surface area contributed by atoms with Crippen molar-refractivity contribution >= 4 is 5.97 Å². The molecule has 1 aromatic carbocycles. The van der Waals surface area contributed by atoms with Gasteiger partial charge in [0, 0.05) is 6.42 Å². The van der Waals surface area contributed by atoms with Gasteiger partial charge in [0.25, 0.3) is 0 Å². The molecule has 0 radical (unpaired) electrons. The number of benzene rings is 1. The standard InChI is InChI=1S/C15H14O4/c1-3-9-18-13-7-5-12(6-8-15(16)17)11-14(13)19-10-4-2/h1-2,5,7,11H,6,8-10H2,(H,16,17). The number of carbonyl (C=O) groups is 1. The van der Waals surface area contributed by atoms with Gasteiger partial charge in [-0.2, -0.15) is 0 Å². The number of hydrogen-bond acceptors (Lipinski definition) is 3. The number of ether oxygens (including phenoxy) is 2. The molecule has 1 aromatic rings. The summed E-state index contributed by atoms with van der Waals surface area (Å²) in [5.41, 5.74) is 0.836. The third-order valence-electron chi connectivity index (χ3n) is 2.26. The lowest BCUT2D eigenvalue weighted by Gasteiger charge is -2.11. The van der Waals surface area contributed by atoms with E-state index < -0.39 is 5.97 Å². The van der Waals surface area contributed by atoms with Crippen molar-refractivity contribution < 1.29 is 19.4 Å². The molecule has 98 valence electrons. The molecular formula is C15H14O4. The van der Waals surface area contributed by atoms with Crippen molar-refractivity contribution in [2.75, 3.05) is 13.2 Å². The Bertz CT molecular complexity index is 520. The zero-order valence-corrected chi connectivity index (χ0v) is 10.4. The number of hydrogen-bond donors (Lipinski definition) is 1. The molecule has 0 fully saturated rings. The lowest BCUT2D eigenvalue weighted by atomic mass is 10.1. The van der Waals surface area contributed by atoms with Crippen LogP contribution in [0.25, 0.3) is 0 Å². The Hall–Kier alpha value is -2.59. The van der Waals surface area contributed by atoms with Crippen molar-refractivity contribution in [1.29, 1.82) is 0 Å². The quantitative estimate of drug-likeness (QED) is 0.757. The summed E-state index contributed by atoms with van der Waals surface area (Å²) in [5.74, 6) is 4.83. The Kier molecular flexibility index (Phi) is 5.85. The van der Waals surface area contributed by atoms with Crippen LogP contribution in [0.5, 0.6) is 11.5 Å². The second-order valence-corrected chi connectivity index (χ2v) is 3.66. The Morgan fingerprint density at radius 2 is 1.79 bits per heavy atom. The van der Waals surface area contributed by atoms with Crippen LogP contribution in [0.4, 0.5) is 0 Å². The summed E-state index contributed by atoms with van der Waals surface area (Å²) in [6.07, 6.45) is 10.7. The van der Waals surface area contributed by atoms with E-state index in [0.29, 0.717) is 17.9 Å². The van der Waals surface area contributed by atoms with E-state index in [4.69, 9.17) is 27.4 Å². The van der Waals surface area contributed by atoms with E-state index in [1.54, 1.807) is 18.2 Å². The minimum absolute atomic E-state index is 0.0547. The molecule has 0 aliphatic heterocycles. The molecule has 1 N–H and O–H groups in total. The van der Waals surface area contributed by atoms with Gasteiger partial charge < -0.3 is 14.6 Å². The van der Waals surface area contributed by atoms with Gasteiger partial charge in [0.15, 0.2) is 11.5 Å². The molecule has 19 heavy (non-hydrogen) atoms. The molecule has 1 rings (SSSR count). The zero-order valence-electron chi connectivity index (χ0n) is 10.4. The summed E-state index contributed by atoms with van der Waals surface area (Å²) >= 11 is 0. The van der Waals surface area contributed by atoms with Crippen LogP contribution < -0.4 is 9.47 Å². The highest BCUT2D eigenvalue weighted by Crippen LogP contribution is 2.28. The van der Waals surface area contributed by atoms with Crippen molar-refractivity contribution in [3.8, 4) is 36.2 Å². The van der Waals surface area contributed by atoms with Crippen molar-refractivity contribution in [2.45, 2.75) is 12.8 Å². The van der Waals surface area contributed by atoms with E-state index in [-0.39, 0.29) is 19.6 Å². The minimum Gasteiger partial charge on any atom is -0.481 e. The summed E-state index contributed by atoms with van der Waals surface area (Å²) in [6, 6.07) is 5.18. The van der Waals surface area contributed by atoms with Crippen LogP contribution in [0.2, 0.25) is 0 Å². The number of aryl methyl sites for hydroxylation is 1. The number of rotatable bonds is 7. The molecule has 0 bridgehead atoms. The molecular weight excluding hydrogens is 244 g/mol. The van der Waals surface area contributed by atoms with Crippen LogP contribution in [0.15, 0.2) is 18.2 Å². The maximum atomic E-state index is 10.5. The zero-order chi connectivity index (χ0) is 14.1. The summed E-state index contributed by atoms with van der Waals surface area (Å²) in [6.45, 7) is 0.232. The van der Waals surface area contributed by atoms with Gasteiger partial charge in [0.1, 0.15) is 13.2 Å². The molecule has 0 heterocycles. The van der Waals surface area contributed by atoms with Gasteiger partial charge in [-0.3, -0.25) is 4.79 Å². The number of terminal acetylenes is 2. The third kappa shape index (κ3) is 5.06. The first kappa shape index (κ1) is 14.5. The van der Waals surface area contributed by atoms with Gasteiger partial charge in [-0.1, -0.05) is 17.9 Å². The highest BCUT2D eigenvalue weighted by Gasteiger charge is 2.07. The maximum absolute atomic E-state index is 10.5. The van der Waals surface area contributed by atoms with Crippen LogP contribution in [0.1, 0.15) is 12.0 Å². The van der Waals surface area contributed by atoms with E-state index >= 15 is 0 Å². The van der Waals surface area contributed by atoms with Gasteiger partial charge in [-0.25, -0.2) is 0 Å². The fraction of sp³-hybridized carbons (Fsp3) is 0.267. The van der Waals surface area contributed by atoms with Gasteiger partial charge >= 0.3 is 5.97 Å². The lowest BCUT2D eigenvalue weighted by Crippen LogP contribution is -2.02. The fourth-order valence-corrected chi connectivity index (χ4v) is 1.43. The Labute approximate surface area is 112 Å². The van der Waals surface area contributed by atoms with Gasteiger partial charge in [0.05, 0.1) is 0 Å². The van der Waals surface area contributed by atoms with E-state index in [1.807, 2.05) is 0 Å². The molecule has 0 saturated carbocycles. The Balaban J connectivity index is 2.84. The van der Waals surface area contributed by atoms with E-state index in [9.17, 15) is 4.79 Å². The highest BCUT2D eigenvalue weighted by atomic mass is 16.5. The van der Waals surface area contributed by atoms with Gasteiger partial charge in [-0.05, 0) is 24.1 Å². The second-order valence-electron chi connectivity index (χ2n) is 3.66. The third-order valence-corrected chi connectivity index (χ3v) is 2.26. The number of carboxylic acid groups (broad SMARTS) is 1. The Morgan fingerprint density at radius 3 is 2.37 bits per heavy atom. The normalized spacial score (nSPS) is 9.16. The number of carboxylic acids is 1. The second kappa shape index (κ2) is 7.68. The number of aliphatic carboxylic acids is 1. The van der Waals surface area contributed by atoms with E-state index in [1.165, 1.54) is 0 Å². The maximum Gasteiger partial charge on any atom is 0.303 e. The summed E-state index contributed by atoms with van der Waals surface area (Å²) < 4.78 is 10.7. The largest absolute Gasteiger partial charge is 0.481 e. The summed E-state index contributed by atoms with van der Waals surface area (Å²) in [4.78, 5) is 10.5. The molecule has 0 aromatic heterocycles. The SMILES string of the molecule is C#CCOc1ccc(CCC(=O)O)cc1OCC#C. The summed E-state index contributed by atoms with van der Waals surface area (Å²) in [5, 5.41) is 8.65. The predicted octanol–water partition coefficient (Wildman–Crippen LogP) is 1.73. The van der Waals surface area contributed by atoms with Crippen molar-refractivity contribution in [1.82, 2.24) is 0 Å². The van der Waals surface area contributed by atoms with Gasteiger partial charge in [0.2, 0.25) is 0 Å². The molecule has 0 unspecified atom stereocenters. The smallest absolute Gasteiger partial charge is 0.303 e. The topological polar surface area (TPSA) is 55.8 Å². The average molecular weight is 258 g/mol. The lowest BCUT2D eigenvalue weighted by molar-refractivity contribution is -0.136. The summed E-state index contributed by atoms with van der Waals surface area (Å²) in [7, 11) is 0. The first-order chi connectivity index (χ1) is 9.17. The molecule has 0 aliphatic rings. The molecule has 0 aliphatic carbocycles. The molecule has 4 heteroatoms. The van der Waals surface area contributed by atoms with E-state index in [0.717, 1.165) is 5.56 Å². The molecule has 0 saturated heterocycles. The van der Waals surface area contributed by atoms with Crippen LogP contribution in [-0.2, 0) is 11.2 Å². The fourth-order valence-electron chi connectivity index (χ4n) is 1.43.